The zero-order chi connectivity index (χ0) is 16.4. The molecule has 8 heteroatoms. The van der Waals surface area contributed by atoms with E-state index in [1.165, 1.54) is 0 Å². The van der Waals surface area contributed by atoms with Crippen molar-refractivity contribution in [1.29, 1.82) is 0 Å². The highest BCUT2D eigenvalue weighted by atomic mass is 16.5. The number of aromatic amines is 2. The van der Waals surface area contributed by atoms with Crippen LogP contribution in [-0.2, 0) is 4.74 Å². The van der Waals surface area contributed by atoms with Crippen molar-refractivity contribution in [3.05, 3.63) is 47.9 Å². The number of benzene rings is 1. The molecule has 2 aromatic heterocycles. The Labute approximate surface area is 137 Å². The Morgan fingerprint density at radius 2 is 2.08 bits per heavy atom. The Morgan fingerprint density at radius 3 is 2.88 bits per heavy atom. The van der Waals surface area contributed by atoms with E-state index in [1.807, 2.05) is 30.3 Å². The lowest BCUT2D eigenvalue weighted by atomic mass is 10.1. The van der Waals surface area contributed by atoms with E-state index in [-0.39, 0.29) is 18.0 Å². The summed E-state index contributed by atoms with van der Waals surface area (Å²) in [7, 11) is 0. The van der Waals surface area contributed by atoms with Crippen LogP contribution in [0, 0.1) is 0 Å². The minimum atomic E-state index is -0.345. The van der Waals surface area contributed by atoms with Gasteiger partial charge in [0.05, 0.1) is 5.69 Å². The van der Waals surface area contributed by atoms with Crippen LogP contribution >= 0.6 is 0 Å². The molecule has 3 N–H and O–H groups in total. The molecule has 1 fully saturated rings. The van der Waals surface area contributed by atoms with Crippen LogP contribution in [0.5, 0.6) is 0 Å². The van der Waals surface area contributed by atoms with Crippen molar-refractivity contribution in [1.82, 2.24) is 25.4 Å². The third kappa shape index (κ3) is 2.91. The number of anilines is 1. The van der Waals surface area contributed by atoms with Crippen molar-refractivity contribution >= 4 is 11.9 Å². The van der Waals surface area contributed by atoms with Gasteiger partial charge in [-0.15, -0.1) is 5.10 Å². The lowest BCUT2D eigenvalue weighted by molar-refractivity contribution is 0.101. The molecule has 3 aromatic rings. The minimum Gasteiger partial charge on any atom is -0.370 e. The molecule has 24 heavy (non-hydrogen) atoms. The molecule has 1 aromatic carbocycles. The van der Waals surface area contributed by atoms with Crippen LogP contribution in [0.25, 0.3) is 11.3 Å². The number of ether oxygens (including phenoxy) is 1. The number of carbonyl (C=O) groups is 1. The second kappa shape index (κ2) is 6.25. The number of H-pyrrole nitrogens is 2. The molecule has 8 nitrogen and oxygen atoms in total. The van der Waals surface area contributed by atoms with E-state index in [0.717, 1.165) is 25.0 Å². The standard InChI is InChI=1S/C16H16N6O2/c23-15(12-9-11(19-20-12)10-5-2-1-3-6-10)18-16-17-14(21-22-16)13-7-4-8-24-13/h1-3,5-6,9,13H,4,7-8H2,(H,19,20)(H2,17,18,21,22,23)/t13-/m1/s1. The first-order valence-corrected chi connectivity index (χ1v) is 7.76. The maximum absolute atomic E-state index is 12.3. The average Bonchev–Trinajstić information content (AvgIpc) is 3.36. The van der Waals surface area contributed by atoms with Gasteiger partial charge in [-0.1, -0.05) is 30.3 Å². The van der Waals surface area contributed by atoms with E-state index < -0.39 is 0 Å². The van der Waals surface area contributed by atoms with Gasteiger partial charge >= 0.3 is 0 Å². The quantitative estimate of drug-likeness (QED) is 0.682. The predicted molar refractivity (Wildman–Crippen MR) is 86.3 cm³/mol. The van der Waals surface area contributed by atoms with Crippen LogP contribution < -0.4 is 5.32 Å². The fourth-order valence-corrected chi connectivity index (χ4v) is 2.63. The number of aromatic nitrogens is 5. The third-order valence-electron chi connectivity index (χ3n) is 3.85. The van der Waals surface area contributed by atoms with Crippen molar-refractivity contribution in [3.8, 4) is 11.3 Å². The molecule has 1 amide bonds. The topological polar surface area (TPSA) is 109 Å². The Bertz CT molecular complexity index is 835. The van der Waals surface area contributed by atoms with Gasteiger partial charge in [0.25, 0.3) is 5.91 Å². The molecule has 0 bridgehead atoms. The first-order valence-electron chi connectivity index (χ1n) is 7.76. The summed E-state index contributed by atoms with van der Waals surface area (Å²) in [6.45, 7) is 0.726. The maximum atomic E-state index is 12.3. The summed E-state index contributed by atoms with van der Waals surface area (Å²) in [6, 6.07) is 11.3. The lowest BCUT2D eigenvalue weighted by Crippen LogP contribution is -2.13. The van der Waals surface area contributed by atoms with Crippen LogP contribution in [0.15, 0.2) is 36.4 Å². The highest BCUT2D eigenvalue weighted by molar-refractivity contribution is 6.02. The van der Waals surface area contributed by atoms with Gasteiger partial charge in [0.1, 0.15) is 11.8 Å². The molecule has 0 radical (unpaired) electrons. The molecule has 0 spiro atoms. The van der Waals surface area contributed by atoms with Crippen molar-refractivity contribution in [2.24, 2.45) is 0 Å². The number of hydrogen-bond donors (Lipinski definition) is 3. The van der Waals surface area contributed by atoms with E-state index in [4.69, 9.17) is 4.74 Å². The molecule has 0 aliphatic carbocycles. The Morgan fingerprint density at radius 1 is 1.21 bits per heavy atom. The van der Waals surface area contributed by atoms with Crippen molar-refractivity contribution in [2.75, 3.05) is 11.9 Å². The van der Waals surface area contributed by atoms with Crippen LogP contribution in [0.3, 0.4) is 0 Å². The van der Waals surface area contributed by atoms with Gasteiger partial charge in [-0.25, -0.2) is 0 Å². The molecule has 1 saturated heterocycles. The number of amides is 1. The normalized spacial score (nSPS) is 17.1. The van der Waals surface area contributed by atoms with Crippen LogP contribution in [-0.4, -0.2) is 37.9 Å². The number of nitrogens with zero attached hydrogens (tertiary/aromatic N) is 3. The molecule has 0 saturated carbocycles. The van der Waals surface area contributed by atoms with E-state index >= 15 is 0 Å². The number of nitrogens with one attached hydrogen (secondary N) is 3. The number of hydrogen-bond acceptors (Lipinski definition) is 5. The predicted octanol–water partition coefficient (Wildman–Crippen LogP) is 2.30. The summed E-state index contributed by atoms with van der Waals surface area (Å²) in [4.78, 5) is 16.5. The first kappa shape index (κ1) is 14.6. The van der Waals surface area contributed by atoms with Gasteiger partial charge in [-0.2, -0.15) is 10.1 Å². The average molecular weight is 324 g/mol. The van der Waals surface area contributed by atoms with E-state index in [1.54, 1.807) is 6.07 Å². The summed E-state index contributed by atoms with van der Waals surface area (Å²) < 4.78 is 5.53. The van der Waals surface area contributed by atoms with Gasteiger partial charge in [-0.05, 0) is 18.9 Å². The summed E-state index contributed by atoms with van der Waals surface area (Å²) in [5.41, 5.74) is 1.99. The molecule has 1 atom stereocenters. The fraction of sp³-hybridized carbons (Fsp3) is 0.250. The zero-order valence-electron chi connectivity index (χ0n) is 12.8. The van der Waals surface area contributed by atoms with E-state index in [2.05, 4.69) is 30.7 Å². The Balaban J connectivity index is 1.46. The van der Waals surface area contributed by atoms with Crippen LogP contribution in [0.2, 0.25) is 0 Å². The lowest BCUT2D eigenvalue weighted by Gasteiger charge is -2.02. The van der Waals surface area contributed by atoms with Crippen LogP contribution in [0.4, 0.5) is 5.95 Å². The molecular weight excluding hydrogens is 308 g/mol. The highest BCUT2D eigenvalue weighted by Gasteiger charge is 2.22. The summed E-state index contributed by atoms with van der Waals surface area (Å²) in [6.07, 6.45) is 1.84. The Kier molecular flexibility index (Phi) is 3.80. The first-order chi connectivity index (χ1) is 11.8. The van der Waals surface area contributed by atoms with Crippen LogP contribution in [0.1, 0.15) is 35.3 Å². The maximum Gasteiger partial charge on any atom is 0.276 e. The van der Waals surface area contributed by atoms with Gasteiger partial charge in [0.2, 0.25) is 5.95 Å². The molecule has 0 unspecified atom stereocenters. The zero-order valence-corrected chi connectivity index (χ0v) is 12.8. The summed E-state index contributed by atoms with van der Waals surface area (Å²) >= 11 is 0. The molecule has 1 aliphatic heterocycles. The van der Waals surface area contributed by atoms with E-state index in [0.29, 0.717) is 17.2 Å². The molecule has 4 rings (SSSR count). The van der Waals surface area contributed by atoms with E-state index in [9.17, 15) is 4.79 Å². The van der Waals surface area contributed by atoms with Crippen molar-refractivity contribution < 1.29 is 9.53 Å². The summed E-state index contributed by atoms with van der Waals surface area (Å²) in [5, 5.41) is 16.4. The van der Waals surface area contributed by atoms with Gasteiger partial charge in [0.15, 0.2) is 5.82 Å². The van der Waals surface area contributed by atoms with Crippen molar-refractivity contribution in [3.63, 3.8) is 0 Å². The second-order valence-electron chi connectivity index (χ2n) is 5.53. The summed E-state index contributed by atoms with van der Waals surface area (Å²) in [5.74, 6) is 0.515. The number of rotatable bonds is 4. The fourth-order valence-electron chi connectivity index (χ4n) is 2.63. The van der Waals surface area contributed by atoms with Crippen molar-refractivity contribution in [2.45, 2.75) is 18.9 Å². The molecule has 3 heterocycles. The SMILES string of the molecule is O=C(Nc1n[nH]c([C@H]2CCCO2)n1)c1cc(-c2ccccc2)n[nH]1. The third-order valence-corrected chi connectivity index (χ3v) is 3.85. The Hall–Kier alpha value is -3.00. The smallest absolute Gasteiger partial charge is 0.276 e. The second-order valence-corrected chi connectivity index (χ2v) is 5.53. The highest BCUT2D eigenvalue weighted by Crippen LogP contribution is 2.26. The van der Waals surface area contributed by atoms with Gasteiger partial charge < -0.3 is 4.74 Å². The molecular formula is C16H16N6O2. The minimum absolute atomic E-state index is 0.0695. The van der Waals surface area contributed by atoms with Gasteiger partial charge in [-0.3, -0.25) is 20.3 Å². The molecule has 122 valence electrons. The molecule has 1 aliphatic rings. The van der Waals surface area contributed by atoms with Gasteiger partial charge in [0, 0.05) is 12.2 Å². The number of carbonyl (C=O) groups excluding carboxylic acids is 1. The largest absolute Gasteiger partial charge is 0.370 e. The monoisotopic (exact) mass is 324 g/mol.